The number of nitrogens with one attached hydrogen (secondary N) is 1. The molecule has 0 bridgehead atoms. The van der Waals surface area contributed by atoms with E-state index in [9.17, 15) is 0 Å². The molecule has 1 aromatic rings. The quantitative estimate of drug-likeness (QED) is 0.886. The summed E-state index contributed by atoms with van der Waals surface area (Å²) in [6, 6.07) is 0.849. The Hall–Kier alpha value is -0.450. The zero-order valence-electron chi connectivity index (χ0n) is 11.2. The second kappa shape index (κ2) is 5.68. The van der Waals surface area contributed by atoms with Gasteiger partial charge in [-0.3, -0.25) is 4.90 Å². The number of aromatic nitrogens is 1. The lowest BCUT2D eigenvalue weighted by molar-refractivity contribution is 0.165. The van der Waals surface area contributed by atoms with Crippen LogP contribution in [0, 0.1) is 12.8 Å². The number of aryl methyl sites for hydroxylation is 1. The third-order valence-corrected chi connectivity index (χ3v) is 4.85. The van der Waals surface area contributed by atoms with Crippen LogP contribution in [-0.2, 0) is 6.54 Å². The zero-order chi connectivity index (χ0) is 12.4. The molecule has 4 heteroatoms. The van der Waals surface area contributed by atoms with Crippen molar-refractivity contribution < 1.29 is 0 Å². The summed E-state index contributed by atoms with van der Waals surface area (Å²) in [7, 11) is 0. The molecule has 1 aliphatic heterocycles. The first-order chi connectivity index (χ1) is 8.79. The zero-order valence-corrected chi connectivity index (χ0v) is 12.0. The van der Waals surface area contributed by atoms with E-state index in [1.54, 1.807) is 11.3 Å². The van der Waals surface area contributed by atoms with E-state index in [1.807, 2.05) is 0 Å². The molecule has 1 aliphatic carbocycles. The van der Waals surface area contributed by atoms with Gasteiger partial charge in [0.1, 0.15) is 5.01 Å². The second-order valence-electron chi connectivity index (χ2n) is 5.81. The minimum Gasteiger partial charge on any atom is -0.314 e. The predicted molar refractivity (Wildman–Crippen MR) is 75.9 cm³/mol. The van der Waals surface area contributed by atoms with Gasteiger partial charge in [-0.2, -0.15) is 0 Å². The SMILES string of the molecule is Cc1csc(CN2CCCC(CNC3CC3)C2)n1. The van der Waals surface area contributed by atoms with Crippen LogP contribution in [0.5, 0.6) is 0 Å². The van der Waals surface area contributed by atoms with Gasteiger partial charge in [0.2, 0.25) is 0 Å². The van der Waals surface area contributed by atoms with E-state index in [0.717, 1.165) is 18.5 Å². The second-order valence-corrected chi connectivity index (χ2v) is 6.75. The summed E-state index contributed by atoms with van der Waals surface area (Å²) in [5.74, 6) is 0.848. The average molecular weight is 265 g/mol. The van der Waals surface area contributed by atoms with Gasteiger partial charge in [-0.25, -0.2) is 4.98 Å². The van der Waals surface area contributed by atoms with E-state index in [0.29, 0.717) is 0 Å². The highest BCUT2D eigenvalue weighted by atomic mass is 32.1. The third kappa shape index (κ3) is 3.53. The summed E-state index contributed by atoms with van der Waals surface area (Å²) in [5, 5.41) is 7.11. The molecular weight excluding hydrogens is 242 g/mol. The topological polar surface area (TPSA) is 28.2 Å². The molecule has 1 N–H and O–H groups in total. The van der Waals surface area contributed by atoms with Crippen molar-refractivity contribution in [1.29, 1.82) is 0 Å². The Morgan fingerprint density at radius 3 is 3.06 bits per heavy atom. The Morgan fingerprint density at radius 2 is 2.33 bits per heavy atom. The van der Waals surface area contributed by atoms with Crippen molar-refractivity contribution in [2.24, 2.45) is 5.92 Å². The summed E-state index contributed by atoms with van der Waals surface area (Å²) in [5.41, 5.74) is 1.17. The number of piperidine rings is 1. The summed E-state index contributed by atoms with van der Waals surface area (Å²) in [6.45, 7) is 6.85. The first-order valence-electron chi connectivity index (χ1n) is 7.16. The van der Waals surface area contributed by atoms with Crippen molar-refractivity contribution in [2.45, 2.75) is 45.2 Å². The molecule has 0 amide bonds. The van der Waals surface area contributed by atoms with Gasteiger partial charge in [-0.05, 0) is 51.6 Å². The molecule has 3 nitrogen and oxygen atoms in total. The maximum Gasteiger partial charge on any atom is 0.107 e. The van der Waals surface area contributed by atoms with E-state index in [4.69, 9.17) is 0 Å². The van der Waals surface area contributed by atoms with Gasteiger partial charge in [0, 0.05) is 23.7 Å². The first kappa shape index (κ1) is 12.6. The molecule has 2 aliphatic rings. The lowest BCUT2D eigenvalue weighted by atomic mass is 9.98. The summed E-state index contributed by atoms with van der Waals surface area (Å²) < 4.78 is 0. The molecule has 2 fully saturated rings. The van der Waals surface area contributed by atoms with Crippen LogP contribution in [-0.4, -0.2) is 35.6 Å². The molecule has 0 aromatic carbocycles. The Labute approximate surface area is 114 Å². The highest BCUT2D eigenvalue weighted by Gasteiger charge is 2.24. The molecule has 2 heterocycles. The van der Waals surface area contributed by atoms with Crippen LogP contribution in [0.1, 0.15) is 36.4 Å². The summed E-state index contributed by atoms with van der Waals surface area (Å²) in [6.07, 6.45) is 5.54. The normalized spacial score (nSPS) is 25.5. The van der Waals surface area contributed by atoms with E-state index in [-0.39, 0.29) is 0 Å². The Morgan fingerprint density at radius 1 is 1.44 bits per heavy atom. The van der Waals surface area contributed by atoms with Crippen molar-refractivity contribution in [2.75, 3.05) is 19.6 Å². The highest BCUT2D eigenvalue weighted by molar-refractivity contribution is 7.09. The average Bonchev–Trinajstić information content (AvgIpc) is 3.11. The van der Waals surface area contributed by atoms with Crippen LogP contribution >= 0.6 is 11.3 Å². The number of hydrogen-bond acceptors (Lipinski definition) is 4. The fourth-order valence-corrected chi connectivity index (χ4v) is 3.56. The molecule has 1 unspecified atom stereocenters. The van der Waals surface area contributed by atoms with Gasteiger partial charge in [-0.15, -0.1) is 11.3 Å². The van der Waals surface area contributed by atoms with Gasteiger partial charge in [-0.1, -0.05) is 0 Å². The lowest BCUT2D eigenvalue weighted by Crippen LogP contribution is -2.39. The fourth-order valence-electron chi connectivity index (χ4n) is 2.75. The Kier molecular flexibility index (Phi) is 3.97. The predicted octanol–water partition coefficient (Wildman–Crippen LogP) is 2.42. The summed E-state index contributed by atoms with van der Waals surface area (Å²) in [4.78, 5) is 7.16. The molecule has 1 saturated heterocycles. The van der Waals surface area contributed by atoms with Crippen LogP contribution in [0.2, 0.25) is 0 Å². The molecule has 18 heavy (non-hydrogen) atoms. The van der Waals surface area contributed by atoms with Gasteiger partial charge < -0.3 is 5.32 Å². The number of nitrogens with zero attached hydrogens (tertiary/aromatic N) is 2. The molecule has 0 radical (unpaired) electrons. The largest absolute Gasteiger partial charge is 0.314 e. The number of likely N-dealkylation sites (tertiary alicyclic amines) is 1. The van der Waals surface area contributed by atoms with Crippen LogP contribution < -0.4 is 5.32 Å². The first-order valence-corrected chi connectivity index (χ1v) is 8.04. The van der Waals surface area contributed by atoms with Crippen LogP contribution in [0.4, 0.5) is 0 Å². The minimum absolute atomic E-state index is 0.848. The highest BCUT2D eigenvalue weighted by Crippen LogP contribution is 2.22. The van der Waals surface area contributed by atoms with E-state index in [1.165, 1.54) is 56.0 Å². The molecule has 1 atom stereocenters. The lowest BCUT2D eigenvalue weighted by Gasteiger charge is -2.32. The molecule has 0 spiro atoms. The van der Waals surface area contributed by atoms with Gasteiger partial charge >= 0.3 is 0 Å². The Balaban J connectivity index is 1.46. The van der Waals surface area contributed by atoms with E-state index < -0.39 is 0 Å². The molecular formula is C14H23N3S. The standard InChI is InChI=1S/C14H23N3S/c1-11-10-18-14(16-11)9-17-6-2-3-12(8-17)7-15-13-4-5-13/h10,12-13,15H,2-9H2,1H3. The number of rotatable bonds is 5. The van der Waals surface area contributed by atoms with Gasteiger partial charge in [0.05, 0.1) is 6.54 Å². The summed E-state index contributed by atoms with van der Waals surface area (Å²) >= 11 is 1.80. The third-order valence-electron chi connectivity index (χ3n) is 3.90. The van der Waals surface area contributed by atoms with E-state index in [2.05, 4.69) is 27.5 Å². The number of thiazole rings is 1. The molecule has 1 saturated carbocycles. The van der Waals surface area contributed by atoms with Crippen molar-refractivity contribution in [1.82, 2.24) is 15.2 Å². The van der Waals surface area contributed by atoms with Crippen LogP contribution in [0.25, 0.3) is 0 Å². The smallest absolute Gasteiger partial charge is 0.107 e. The van der Waals surface area contributed by atoms with Crippen molar-refractivity contribution in [3.63, 3.8) is 0 Å². The number of hydrogen-bond donors (Lipinski definition) is 1. The van der Waals surface area contributed by atoms with Gasteiger partial charge in [0.25, 0.3) is 0 Å². The fraction of sp³-hybridized carbons (Fsp3) is 0.786. The Bertz CT molecular complexity index is 386. The molecule has 1 aromatic heterocycles. The van der Waals surface area contributed by atoms with Crippen LogP contribution in [0.3, 0.4) is 0 Å². The van der Waals surface area contributed by atoms with Crippen LogP contribution in [0.15, 0.2) is 5.38 Å². The maximum atomic E-state index is 4.58. The van der Waals surface area contributed by atoms with Gasteiger partial charge in [0.15, 0.2) is 0 Å². The molecule has 100 valence electrons. The van der Waals surface area contributed by atoms with Crippen molar-refractivity contribution in [3.8, 4) is 0 Å². The monoisotopic (exact) mass is 265 g/mol. The minimum atomic E-state index is 0.848. The maximum absolute atomic E-state index is 4.58. The van der Waals surface area contributed by atoms with Crippen molar-refractivity contribution >= 4 is 11.3 Å². The molecule has 3 rings (SSSR count). The van der Waals surface area contributed by atoms with Crippen molar-refractivity contribution in [3.05, 3.63) is 16.1 Å². The van der Waals surface area contributed by atoms with E-state index >= 15 is 0 Å².